The Morgan fingerprint density at radius 3 is 2.12 bits per heavy atom. The first-order valence-corrected chi connectivity index (χ1v) is 9.15. The molecule has 2 nitrogen and oxygen atoms in total. The van der Waals surface area contributed by atoms with E-state index in [0.717, 1.165) is 38.5 Å². The maximum absolute atomic E-state index is 14.4. The van der Waals surface area contributed by atoms with Crippen molar-refractivity contribution < 1.29 is 18.7 Å². The van der Waals surface area contributed by atoms with Crippen LogP contribution in [0.15, 0.2) is 12.1 Å². The van der Waals surface area contributed by atoms with Crippen molar-refractivity contribution in [3.8, 4) is 0 Å². The van der Waals surface area contributed by atoms with Crippen molar-refractivity contribution in [2.24, 2.45) is 11.8 Å². The molecule has 0 aromatic heterocycles. The summed E-state index contributed by atoms with van der Waals surface area (Å²) < 4.78 is 28.5. The van der Waals surface area contributed by atoms with E-state index in [-0.39, 0.29) is 11.5 Å². The zero-order chi connectivity index (χ0) is 17.3. The summed E-state index contributed by atoms with van der Waals surface area (Å²) in [6.07, 6.45) is 6.24. The quantitative estimate of drug-likeness (QED) is 0.838. The number of aliphatic hydroxyl groups is 1. The Labute approximate surface area is 142 Å². The van der Waals surface area contributed by atoms with Gasteiger partial charge in [-0.3, -0.25) is 4.79 Å². The lowest BCUT2D eigenvalue weighted by Gasteiger charge is -2.35. The number of aliphatic hydroxyl groups excluding tert-OH is 1. The fourth-order valence-corrected chi connectivity index (χ4v) is 4.55. The number of hydrogen-bond acceptors (Lipinski definition) is 2. The van der Waals surface area contributed by atoms with Crippen molar-refractivity contribution in [2.45, 2.75) is 70.3 Å². The topological polar surface area (TPSA) is 37.3 Å². The Morgan fingerprint density at radius 2 is 1.54 bits per heavy atom. The predicted molar refractivity (Wildman–Crippen MR) is 88.7 cm³/mol. The van der Waals surface area contributed by atoms with Gasteiger partial charge in [0.1, 0.15) is 5.78 Å². The molecule has 2 saturated carbocycles. The van der Waals surface area contributed by atoms with Crippen LogP contribution < -0.4 is 0 Å². The van der Waals surface area contributed by atoms with Gasteiger partial charge in [0.2, 0.25) is 0 Å². The number of carbonyl (C=O) groups is 1. The summed E-state index contributed by atoms with van der Waals surface area (Å²) >= 11 is 0. The highest BCUT2D eigenvalue weighted by Crippen LogP contribution is 2.43. The molecule has 1 atom stereocenters. The molecule has 1 aromatic rings. The minimum absolute atomic E-state index is 0.0248. The first kappa shape index (κ1) is 17.5. The molecule has 1 N–H and O–H groups in total. The smallest absolute Gasteiger partial charge is 0.164 e. The second-order valence-corrected chi connectivity index (χ2v) is 7.54. The number of halogens is 2. The molecule has 0 radical (unpaired) electrons. The van der Waals surface area contributed by atoms with E-state index < -0.39 is 17.7 Å². The van der Waals surface area contributed by atoms with Crippen molar-refractivity contribution in [3.63, 3.8) is 0 Å². The lowest BCUT2D eigenvalue weighted by atomic mass is 9.69. The Kier molecular flexibility index (Phi) is 5.33. The largest absolute Gasteiger partial charge is 0.389 e. The molecular weight excluding hydrogens is 310 g/mol. The summed E-state index contributed by atoms with van der Waals surface area (Å²) in [5.74, 6) is -0.00271. The van der Waals surface area contributed by atoms with Gasteiger partial charge in [-0.05, 0) is 68.8 Å². The highest BCUT2D eigenvalue weighted by Gasteiger charge is 2.32. The summed E-state index contributed by atoms with van der Waals surface area (Å²) in [4.78, 5) is 11.4. The monoisotopic (exact) mass is 336 g/mol. The molecule has 0 aliphatic heterocycles. The summed E-state index contributed by atoms with van der Waals surface area (Å²) in [6.45, 7) is 1.44. The summed E-state index contributed by atoms with van der Waals surface area (Å²) in [6, 6.07) is 3.15. The van der Waals surface area contributed by atoms with Crippen LogP contribution in [0.1, 0.15) is 81.4 Å². The highest BCUT2D eigenvalue weighted by molar-refractivity contribution is 5.79. The second-order valence-electron chi connectivity index (χ2n) is 7.54. The zero-order valence-electron chi connectivity index (χ0n) is 14.2. The van der Waals surface area contributed by atoms with Crippen molar-refractivity contribution in [3.05, 3.63) is 34.9 Å². The van der Waals surface area contributed by atoms with Gasteiger partial charge in [-0.15, -0.1) is 0 Å². The van der Waals surface area contributed by atoms with Gasteiger partial charge in [-0.2, -0.15) is 0 Å². The third kappa shape index (κ3) is 3.53. The van der Waals surface area contributed by atoms with E-state index in [0.29, 0.717) is 36.0 Å². The van der Waals surface area contributed by atoms with E-state index in [2.05, 4.69) is 0 Å². The van der Waals surface area contributed by atoms with Crippen LogP contribution in [0.3, 0.4) is 0 Å². The number of ketones is 1. The van der Waals surface area contributed by atoms with Crippen LogP contribution >= 0.6 is 0 Å². The molecule has 1 unspecified atom stereocenters. The van der Waals surface area contributed by atoms with Gasteiger partial charge in [-0.25, -0.2) is 8.78 Å². The van der Waals surface area contributed by atoms with Crippen LogP contribution in [0.2, 0.25) is 0 Å². The summed E-state index contributed by atoms with van der Waals surface area (Å²) in [5, 5.41) is 9.50. The maximum atomic E-state index is 14.4. The minimum atomic E-state index is -1.00. The van der Waals surface area contributed by atoms with Crippen molar-refractivity contribution in [1.29, 1.82) is 0 Å². The molecule has 0 amide bonds. The number of rotatable bonds is 3. The molecule has 0 heterocycles. The van der Waals surface area contributed by atoms with Gasteiger partial charge < -0.3 is 5.11 Å². The molecule has 24 heavy (non-hydrogen) atoms. The van der Waals surface area contributed by atoms with Gasteiger partial charge >= 0.3 is 0 Å². The molecule has 1 aromatic carbocycles. The first-order chi connectivity index (χ1) is 11.5. The normalized spacial score (nSPS) is 27.2. The number of benzene rings is 1. The molecule has 0 bridgehead atoms. The third-order valence-electron chi connectivity index (χ3n) is 6.06. The van der Waals surface area contributed by atoms with E-state index in [1.165, 1.54) is 13.0 Å². The van der Waals surface area contributed by atoms with Gasteiger partial charge in [0.15, 0.2) is 11.6 Å². The minimum Gasteiger partial charge on any atom is -0.389 e. The average molecular weight is 336 g/mol. The van der Waals surface area contributed by atoms with Gasteiger partial charge in [0.05, 0.1) is 6.10 Å². The van der Waals surface area contributed by atoms with Crippen LogP contribution in [0.25, 0.3) is 0 Å². The van der Waals surface area contributed by atoms with Crippen molar-refractivity contribution in [2.75, 3.05) is 0 Å². The molecular formula is C20H26F2O2. The number of hydrogen-bond donors (Lipinski definition) is 1. The number of Topliss-reactive ketones (excluding diaryl/α,β-unsaturated/α-hetero) is 1. The third-order valence-corrected chi connectivity index (χ3v) is 6.06. The maximum Gasteiger partial charge on any atom is 0.164 e. The molecule has 0 spiro atoms. The van der Waals surface area contributed by atoms with Gasteiger partial charge in [0.25, 0.3) is 0 Å². The molecule has 0 saturated heterocycles. The summed E-state index contributed by atoms with van der Waals surface area (Å²) in [7, 11) is 0. The van der Waals surface area contributed by atoms with Crippen molar-refractivity contribution >= 4 is 5.78 Å². The highest BCUT2D eigenvalue weighted by atomic mass is 19.2. The van der Waals surface area contributed by atoms with Gasteiger partial charge in [0, 0.05) is 18.4 Å². The predicted octanol–water partition coefficient (Wildman–Crippen LogP) is 5.05. The second kappa shape index (κ2) is 7.30. The van der Waals surface area contributed by atoms with Crippen LogP contribution in [0.5, 0.6) is 0 Å². The Morgan fingerprint density at radius 1 is 0.958 bits per heavy atom. The van der Waals surface area contributed by atoms with E-state index >= 15 is 0 Å². The molecule has 2 fully saturated rings. The zero-order valence-corrected chi connectivity index (χ0v) is 14.2. The van der Waals surface area contributed by atoms with E-state index in [4.69, 9.17) is 0 Å². The average Bonchev–Trinajstić information content (AvgIpc) is 2.58. The fourth-order valence-electron chi connectivity index (χ4n) is 4.55. The first-order valence-electron chi connectivity index (χ1n) is 9.15. The Balaban J connectivity index is 1.64. The number of carbonyl (C=O) groups excluding carboxylic acids is 1. The van der Waals surface area contributed by atoms with E-state index in [1.54, 1.807) is 6.07 Å². The lowest BCUT2D eigenvalue weighted by Crippen LogP contribution is -2.25. The molecule has 132 valence electrons. The molecule has 2 aliphatic rings. The Bertz CT molecular complexity index is 594. The standard InChI is InChI=1S/C20H26F2O2/c1-12(23)17-10-11-18(20(22)19(17)21)15-4-2-13(3-5-15)14-6-8-16(24)9-7-14/h10-15,23H,2-9H2,1H3. The van der Waals surface area contributed by atoms with E-state index in [1.807, 2.05) is 0 Å². The SMILES string of the molecule is CC(O)c1ccc(C2CCC(C3CCC(=O)CC3)CC2)c(F)c1F. The molecule has 3 rings (SSSR count). The molecule has 4 heteroatoms. The fraction of sp³-hybridized carbons (Fsp3) is 0.650. The lowest BCUT2D eigenvalue weighted by molar-refractivity contribution is -0.121. The van der Waals surface area contributed by atoms with E-state index in [9.17, 15) is 18.7 Å². The molecule has 2 aliphatic carbocycles. The van der Waals surface area contributed by atoms with Crippen LogP contribution in [-0.2, 0) is 4.79 Å². The van der Waals surface area contributed by atoms with Crippen LogP contribution in [-0.4, -0.2) is 10.9 Å². The summed E-state index contributed by atoms with van der Waals surface area (Å²) in [5.41, 5.74) is 0.478. The van der Waals surface area contributed by atoms with Crippen molar-refractivity contribution in [1.82, 2.24) is 0 Å². The van der Waals surface area contributed by atoms with Gasteiger partial charge in [-0.1, -0.05) is 12.1 Å². The van der Waals surface area contributed by atoms with Crippen LogP contribution in [0.4, 0.5) is 8.78 Å². The van der Waals surface area contributed by atoms with Crippen LogP contribution in [0, 0.1) is 23.5 Å². The Hall–Kier alpha value is -1.29.